The molecule has 0 aliphatic heterocycles. The van der Waals surface area contributed by atoms with Crippen LogP contribution in [-0.4, -0.2) is 28.8 Å². The number of amides is 1. The average Bonchev–Trinajstić information content (AvgIpc) is 2.28. The molecule has 1 aromatic rings. The lowest BCUT2D eigenvalue weighted by Gasteiger charge is -2.09. The molecule has 1 atom stereocenters. The largest absolute Gasteiger partial charge is 0.503 e. The zero-order valence-corrected chi connectivity index (χ0v) is 8.80. The van der Waals surface area contributed by atoms with E-state index in [2.05, 4.69) is 5.32 Å². The van der Waals surface area contributed by atoms with Crippen LogP contribution in [0.15, 0.2) is 6.07 Å². The molecule has 0 aromatic heterocycles. The number of carbonyl (C=O) groups excluding carboxylic acids is 1. The van der Waals surface area contributed by atoms with E-state index in [9.17, 15) is 18.0 Å². The molecule has 0 aliphatic carbocycles. The predicted octanol–water partition coefficient (Wildman–Crippen LogP) is 0.920. The minimum absolute atomic E-state index is 0.183. The number of rotatable bonds is 3. The molecule has 0 spiro atoms. The first-order valence-electron chi connectivity index (χ1n) is 4.67. The van der Waals surface area contributed by atoms with E-state index in [1.54, 1.807) is 0 Å². The minimum Gasteiger partial charge on any atom is -0.503 e. The molecular weight excluding hydrogens is 239 g/mol. The highest BCUT2D eigenvalue weighted by Gasteiger charge is 2.22. The van der Waals surface area contributed by atoms with Gasteiger partial charge in [0.2, 0.25) is 5.82 Å². The van der Waals surface area contributed by atoms with Gasteiger partial charge in [-0.2, -0.15) is 4.39 Å². The molecule has 1 rings (SSSR count). The smallest absolute Gasteiger partial charge is 0.254 e. The Morgan fingerprint density at radius 3 is 2.53 bits per heavy atom. The minimum atomic E-state index is -1.76. The molecule has 0 aliphatic rings. The predicted molar refractivity (Wildman–Crippen MR) is 52.0 cm³/mol. The summed E-state index contributed by atoms with van der Waals surface area (Å²) in [6.07, 6.45) is -0.874. The highest BCUT2D eigenvalue weighted by atomic mass is 19.2. The number of hydrogen-bond donors (Lipinski definition) is 3. The molecule has 17 heavy (non-hydrogen) atoms. The molecule has 4 nitrogen and oxygen atoms in total. The van der Waals surface area contributed by atoms with Gasteiger partial charge < -0.3 is 15.5 Å². The van der Waals surface area contributed by atoms with Crippen molar-refractivity contribution in [3.8, 4) is 5.75 Å². The number of aromatic hydroxyl groups is 1. The lowest BCUT2D eigenvalue weighted by Crippen LogP contribution is -2.31. The summed E-state index contributed by atoms with van der Waals surface area (Å²) in [5.74, 6) is -7.45. The topological polar surface area (TPSA) is 69.6 Å². The van der Waals surface area contributed by atoms with Crippen LogP contribution < -0.4 is 5.32 Å². The Kier molecular flexibility index (Phi) is 3.95. The van der Waals surface area contributed by atoms with Crippen LogP contribution in [0, 0.1) is 17.5 Å². The summed E-state index contributed by atoms with van der Waals surface area (Å²) >= 11 is 0. The second-order valence-corrected chi connectivity index (χ2v) is 3.44. The van der Waals surface area contributed by atoms with E-state index < -0.39 is 40.8 Å². The first kappa shape index (κ1) is 13.3. The van der Waals surface area contributed by atoms with Crippen LogP contribution in [0.3, 0.4) is 0 Å². The second-order valence-electron chi connectivity index (χ2n) is 3.44. The van der Waals surface area contributed by atoms with E-state index in [0.29, 0.717) is 6.07 Å². The third kappa shape index (κ3) is 2.88. The normalized spacial score (nSPS) is 12.3. The molecule has 1 unspecified atom stereocenters. The number of aliphatic hydroxyl groups is 1. The highest BCUT2D eigenvalue weighted by molar-refractivity contribution is 5.94. The zero-order chi connectivity index (χ0) is 13.2. The van der Waals surface area contributed by atoms with Crippen LogP contribution in [0.5, 0.6) is 5.75 Å². The van der Waals surface area contributed by atoms with Crippen molar-refractivity contribution >= 4 is 5.91 Å². The number of hydrogen-bond acceptors (Lipinski definition) is 3. The lowest BCUT2D eigenvalue weighted by atomic mass is 10.1. The van der Waals surface area contributed by atoms with Gasteiger partial charge in [0.05, 0.1) is 11.7 Å². The van der Waals surface area contributed by atoms with Gasteiger partial charge in [0.15, 0.2) is 17.4 Å². The third-order valence-electron chi connectivity index (χ3n) is 1.94. The van der Waals surface area contributed by atoms with Gasteiger partial charge in [0, 0.05) is 6.54 Å². The fraction of sp³-hybridized carbons (Fsp3) is 0.300. The summed E-state index contributed by atoms with van der Waals surface area (Å²) in [5, 5.41) is 19.8. The van der Waals surface area contributed by atoms with Gasteiger partial charge >= 0.3 is 0 Å². The molecule has 0 bridgehead atoms. The van der Waals surface area contributed by atoms with E-state index in [1.165, 1.54) is 6.92 Å². The van der Waals surface area contributed by atoms with Crippen LogP contribution in [0.1, 0.15) is 17.3 Å². The number of benzene rings is 1. The summed E-state index contributed by atoms with van der Waals surface area (Å²) < 4.78 is 38.8. The van der Waals surface area contributed by atoms with Crippen molar-refractivity contribution in [3.05, 3.63) is 29.1 Å². The average molecular weight is 249 g/mol. The van der Waals surface area contributed by atoms with Crippen molar-refractivity contribution in [2.24, 2.45) is 0 Å². The first-order valence-corrected chi connectivity index (χ1v) is 4.67. The molecule has 94 valence electrons. The van der Waals surface area contributed by atoms with Gasteiger partial charge in [0.25, 0.3) is 5.91 Å². The van der Waals surface area contributed by atoms with Crippen molar-refractivity contribution in [1.29, 1.82) is 0 Å². The number of carbonyl (C=O) groups is 1. The van der Waals surface area contributed by atoms with Gasteiger partial charge in [-0.3, -0.25) is 4.79 Å². The third-order valence-corrected chi connectivity index (χ3v) is 1.94. The van der Waals surface area contributed by atoms with Crippen LogP contribution in [-0.2, 0) is 0 Å². The maximum atomic E-state index is 13.2. The molecule has 0 heterocycles. The number of phenols is 1. The molecule has 0 fully saturated rings. The van der Waals surface area contributed by atoms with Crippen LogP contribution in [0.4, 0.5) is 13.2 Å². The van der Waals surface area contributed by atoms with Gasteiger partial charge in [-0.05, 0) is 13.0 Å². The maximum absolute atomic E-state index is 13.2. The zero-order valence-electron chi connectivity index (χ0n) is 8.80. The molecule has 1 aromatic carbocycles. The van der Waals surface area contributed by atoms with Crippen molar-refractivity contribution < 1.29 is 28.2 Å². The second kappa shape index (κ2) is 5.05. The fourth-order valence-corrected chi connectivity index (χ4v) is 1.09. The Balaban J connectivity index is 3.02. The standard InChI is InChI=1S/C10H10F3NO3/c1-4(15)3-14-10(17)5-2-6(11)8(13)9(16)7(5)12/h2,4,15-16H,3H2,1H3,(H,14,17). The Bertz CT molecular complexity index is 449. The Hall–Kier alpha value is -1.76. The molecule has 0 saturated heterocycles. The summed E-state index contributed by atoms with van der Waals surface area (Å²) in [4.78, 5) is 11.3. The van der Waals surface area contributed by atoms with Crippen molar-refractivity contribution in [2.75, 3.05) is 6.54 Å². The lowest BCUT2D eigenvalue weighted by molar-refractivity contribution is 0.0918. The van der Waals surface area contributed by atoms with Crippen LogP contribution in [0.25, 0.3) is 0 Å². The van der Waals surface area contributed by atoms with E-state index in [4.69, 9.17) is 10.2 Å². The van der Waals surface area contributed by atoms with E-state index in [0.717, 1.165) is 0 Å². The van der Waals surface area contributed by atoms with Crippen molar-refractivity contribution in [1.82, 2.24) is 5.32 Å². The molecule has 7 heteroatoms. The summed E-state index contributed by atoms with van der Waals surface area (Å²) in [6.45, 7) is 1.19. The summed E-state index contributed by atoms with van der Waals surface area (Å²) in [7, 11) is 0. The van der Waals surface area contributed by atoms with Crippen LogP contribution in [0.2, 0.25) is 0 Å². The van der Waals surface area contributed by atoms with E-state index >= 15 is 0 Å². The fourth-order valence-electron chi connectivity index (χ4n) is 1.09. The SMILES string of the molecule is CC(O)CNC(=O)c1cc(F)c(F)c(O)c1F. The highest BCUT2D eigenvalue weighted by Crippen LogP contribution is 2.25. The number of phenolic OH excluding ortho intramolecular Hbond substituents is 1. The maximum Gasteiger partial charge on any atom is 0.254 e. The number of halogens is 3. The quantitative estimate of drug-likeness (QED) is 0.698. The Labute approximate surface area is 94.7 Å². The first-order chi connectivity index (χ1) is 7.84. The monoisotopic (exact) mass is 249 g/mol. The number of nitrogens with one attached hydrogen (secondary N) is 1. The van der Waals surface area contributed by atoms with Gasteiger partial charge in [-0.1, -0.05) is 0 Å². The Morgan fingerprint density at radius 1 is 1.41 bits per heavy atom. The summed E-state index contributed by atoms with van der Waals surface area (Å²) in [6, 6.07) is 0.335. The summed E-state index contributed by atoms with van der Waals surface area (Å²) in [5.41, 5.74) is -0.831. The van der Waals surface area contributed by atoms with Gasteiger partial charge in [-0.25, -0.2) is 8.78 Å². The molecule has 0 radical (unpaired) electrons. The molecule has 0 saturated carbocycles. The Morgan fingerprint density at radius 2 is 2.00 bits per heavy atom. The van der Waals surface area contributed by atoms with Crippen molar-refractivity contribution in [3.63, 3.8) is 0 Å². The van der Waals surface area contributed by atoms with Crippen molar-refractivity contribution in [2.45, 2.75) is 13.0 Å². The van der Waals surface area contributed by atoms with E-state index in [-0.39, 0.29) is 6.54 Å². The molecule has 3 N–H and O–H groups in total. The van der Waals surface area contributed by atoms with Gasteiger partial charge in [0.1, 0.15) is 0 Å². The van der Waals surface area contributed by atoms with E-state index in [1.807, 2.05) is 0 Å². The molecule has 1 amide bonds. The van der Waals surface area contributed by atoms with Gasteiger partial charge in [-0.15, -0.1) is 0 Å². The molecular formula is C10H10F3NO3. The van der Waals surface area contributed by atoms with Crippen LogP contribution >= 0.6 is 0 Å². The number of aliphatic hydroxyl groups excluding tert-OH is 1.